The summed E-state index contributed by atoms with van der Waals surface area (Å²) in [4.78, 5) is 13.1. The Morgan fingerprint density at radius 2 is 1.84 bits per heavy atom. The number of fused-ring (bicyclic) bond motifs is 1. The van der Waals surface area contributed by atoms with E-state index < -0.39 is 15.9 Å². The predicted octanol–water partition coefficient (Wildman–Crippen LogP) is 4.67. The number of anilines is 1. The lowest BCUT2D eigenvalue weighted by Gasteiger charge is -2.34. The van der Waals surface area contributed by atoms with Gasteiger partial charge in [0, 0.05) is 35.8 Å². The minimum Gasteiger partial charge on any atom is -0.497 e. The molecule has 0 saturated carbocycles. The SMILES string of the molecule is COc1cccc(NC(=O)c2oc3ccc(S(=O)(=O)N4C[C@H](C)C[C@@H](C)C4)cc3c2C)c1. The van der Waals surface area contributed by atoms with Crippen molar-refractivity contribution in [3.05, 3.63) is 53.8 Å². The molecule has 0 aliphatic carbocycles. The lowest BCUT2D eigenvalue weighted by atomic mass is 9.94. The smallest absolute Gasteiger partial charge is 0.291 e. The first-order chi connectivity index (χ1) is 15.2. The molecular weight excluding hydrogens is 428 g/mol. The largest absolute Gasteiger partial charge is 0.497 e. The number of hydrogen-bond donors (Lipinski definition) is 1. The molecule has 1 aromatic heterocycles. The number of methoxy groups -OCH3 is 1. The number of benzene rings is 2. The van der Waals surface area contributed by atoms with Gasteiger partial charge >= 0.3 is 0 Å². The Hall–Kier alpha value is -2.84. The van der Waals surface area contributed by atoms with Crippen LogP contribution in [0.4, 0.5) is 5.69 Å². The van der Waals surface area contributed by atoms with E-state index in [9.17, 15) is 13.2 Å². The number of nitrogens with one attached hydrogen (secondary N) is 1. The van der Waals surface area contributed by atoms with E-state index >= 15 is 0 Å². The van der Waals surface area contributed by atoms with Crippen LogP contribution in [0.15, 0.2) is 51.8 Å². The first-order valence-electron chi connectivity index (χ1n) is 10.7. The van der Waals surface area contributed by atoms with E-state index in [1.165, 1.54) is 0 Å². The van der Waals surface area contributed by atoms with E-state index in [-0.39, 0.29) is 10.7 Å². The van der Waals surface area contributed by atoms with Gasteiger partial charge in [-0.1, -0.05) is 19.9 Å². The average molecular weight is 457 g/mol. The normalized spacial score (nSPS) is 19.8. The highest BCUT2D eigenvalue weighted by Gasteiger charge is 2.32. The van der Waals surface area contributed by atoms with Crippen LogP contribution in [0.1, 0.15) is 36.4 Å². The van der Waals surface area contributed by atoms with Gasteiger partial charge in [-0.15, -0.1) is 0 Å². The third-order valence-corrected chi connectivity index (χ3v) is 7.74. The van der Waals surface area contributed by atoms with Gasteiger partial charge in [-0.05, 0) is 55.5 Å². The average Bonchev–Trinajstić information content (AvgIpc) is 3.09. The van der Waals surface area contributed by atoms with E-state index in [0.29, 0.717) is 52.9 Å². The number of hydrogen-bond acceptors (Lipinski definition) is 5. The van der Waals surface area contributed by atoms with Crippen LogP contribution in [0.5, 0.6) is 5.75 Å². The van der Waals surface area contributed by atoms with Crippen LogP contribution in [0.2, 0.25) is 0 Å². The molecule has 0 radical (unpaired) electrons. The first-order valence-corrected chi connectivity index (χ1v) is 12.1. The third kappa shape index (κ3) is 4.25. The molecule has 1 fully saturated rings. The molecule has 32 heavy (non-hydrogen) atoms. The van der Waals surface area contributed by atoms with Gasteiger partial charge in [0.1, 0.15) is 11.3 Å². The van der Waals surface area contributed by atoms with Crippen molar-refractivity contribution in [3.63, 3.8) is 0 Å². The van der Waals surface area contributed by atoms with Gasteiger partial charge in [0.05, 0.1) is 12.0 Å². The van der Waals surface area contributed by atoms with Crippen LogP contribution in [-0.2, 0) is 10.0 Å². The molecule has 1 N–H and O–H groups in total. The molecule has 4 rings (SSSR count). The maximum Gasteiger partial charge on any atom is 0.291 e. The quantitative estimate of drug-likeness (QED) is 0.603. The van der Waals surface area contributed by atoms with Crippen molar-refractivity contribution < 1.29 is 22.4 Å². The fraction of sp³-hybridized carbons (Fsp3) is 0.375. The van der Waals surface area contributed by atoms with Crippen molar-refractivity contribution in [2.24, 2.45) is 11.8 Å². The molecule has 2 atom stereocenters. The second-order valence-electron chi connectivity index (χ2n) is 8.67. The summed E-state index contributed by atoms with van der Waals surface area (Å²) in [6, 6.07) is 11.8. The number of nitrogens with zero attached hydrogens (tertiary/aromatic N) is 1. The number of furan rings is 1. The molecule has 7 nitrogen and oxygen atoms in total. The van der Waals surface area contributed by atoms with E-state index in [4.69, 9.17) is 9.15 Å². The number of aryl methyl sites for hydroxylation is 1. The number of rotatable bonds is 5. The van der Waals surface area contributed by atoms with Gasteiger partial charge < -0.3 is 14.5 Å². The number of ether oxygens (including phenoxy) is 1. The Balaban J connectivity index is 1.64. The third-order valence-electron chi connectivity index (χ3n) is 5.91. The Labute approximate surface area is 188 Å². The molecule has 1 aliphatic heterocycles. The molecule has 1 aliphatic rings. The highest BCUT2D eigenvalue weighted by atomic mass is 32.2. The maximum atomic E-state index is 13.3. The molecule has 0 unspecified atom stereocenters. The zero-order valence-electron chi connectivity index (χ0n) is 18.7. The first kappa shape index (κ1) is 22.4. The summed E-state index contributed by atoms with van der Waals surface area (Å²) in [6.45, 7) is 6.95. The molecule has 1 amide bonds. The number of sulfonamides is 1. The highest BCUT2D eigenvalue weighted by molar-refractivity contribution is 7.89. The van der Waals surface area contributed by atoms with E-state index in [0.717, 1.165) is 6.42 Å². The van der Waals surface area contributed by atoms with Crippen molar-refractivity contribution in [3.8, 4) is 5.75 Å². The Morgan fingerprint density at radius 3 is 2.53 bits per heavy atom. The second-order valence-corrected chi connectivity index (χ2v) is 10.6. The van der Waals surface area contributed by atoms with Crippen LogP contribution in [0.3, 0.4) is 0 Å². The second kappa shape index (κ2) is 8.60. The van der Waals surface area contributed by atoms with Crippen LogP contribution in [0, 0.1) is 18.8 Å². The fourth-order valence-electron chi connectivity index (χ4n) is 4.42. The lowest BCUT2D eigenvalue weighted by molar-refractivity contribution is 0.0998. The molecule has 2 heterocycles. The number of piperidine rings is 1. The predicted molar refractivity (Wildman–Crippen MR) is 124 cm³/mol. The number of carbonyl (C=O) groups excluding carboxylic acids is 1. The molecular formula is C24H28N2O5S. The molecule has 8 heteroatoms. The van der Waals surface area contributed by atoms with Crippen molar-refractivity contribution in [2.45, 2.75) is 32.1 Å². The van der Waals surface area contributed by atoms with Gasteiger partial charge in [0.2, 0.25) is 10.0 Å². The summed E-state index contributed by atoms with van der Waals surface area (Å²) < 4.78 is 39.1. The van der Waals surface area contributed by atoms with Gasteiger partial charge in [-0.2, -0.15) is 4.31 Å². The van der Waals surface area contributed by atoms with Gasteiger partial charge in [-0.3, -0.25) is 4.79 Å². The molecule has 1 saturated heterocycles. The minimum atomic E-state index is -3.63. The molecule has 0 spiro atoms. The Morgan fingerprint density at radius 1 is 1.12 bits per heavy atom. The lowest BCUT2D eigenvalue weighted by Crippen LogP contribution is -2.42. The maximum absolute atomic E-state index is 13.3. The summed E-state index contributed by atoms with van der Waals surface area (Å²) in [5.74, 6) is 1.01. The van der Waals surface area contributed by atoms with Gasteiger partial charge in [0.15, 0.2) is 5.76 Å². The van der Waals surface area contributed by atoms with Gasteiger partial charge in [0.25, 0.3) is 5.91 Å². The van der Waals surface area contributed by atoms with Crippen LogP contribution >= 0.6 is 0 Å². The van der Waals surface area contributed by atoms with Crippen molar-refractivity contribution in [2.75, 3.05) is 25.5 Å². The fourth-order valence-corrected chi connectivity index (χ4v) is 6.12. The van der Waals surface area contributed by atoms with E-state index in [1.807, 2.05) is 0 Å². The van der Waals surface area contributed by atoms with Crippen LogP contribution < -0.4 is 10.1 Å². The zero-order valence-corrected chi connectivity index (χ0v) is 19.5. The summed E-state index contributed by atoms with van der Waals surface area (Å²) in [5.41, 5.74) is 1.64. The van der Waals surface area contributed by atoms with Crippen LogP contribution in [0.25, 0.3) is 11.0 Å². The highest BCUT2D eigenvalue weighted by Crippen LogP contribution is 2.32. The minimum absolute atomic E-state index is 0.151. The van der Waals surface area contributed by atoms with Crippen molar-refractivity contribution in [1.29, 1.82) is 0 Å². The van der Waals surface area contributed by atoms with E-state index in [1.54, 1.807) is 60.8 Å². The Bertz CT molecular complexity index is 1250. The Kier molecular flexibility index (Phi) is 6.01. The number of amides is 1. The summed E-state index contributed by atoms with van der Waals surface area (Å²) >= 11 is 0. The standard InChI is InChI=1S/C24H28N2O5S/c1-15-10-16(2)14-26(13-15)32(28,29)20-8-9-22-21(12-20)17(3)23(31-22)24(27)25-18-6-5-7-19(11-18)30-4/h5-9,11-12,15-16H,10,13-14H2,1-4H3,(H,25,27)/t15-,16-/m1/s1. The van der Waals surface area contributed by atoms with Gasteiger partial charge in [-0.25, -0.2) is 8.42 Å². The summed E-state index contributed by atoms with van der Waals surface area (Å²) in [5, 5.41) is 3.41. The van der Waals surface area contributed by atoms with E-state index in [2.05, 4.69) is 19.2 Å². The topological polar surface area (TPSA) is 88.8 Å². The molecule has 3 aromatic rings. The molecule has 0 bridgehead atoms. The van der Waals surface area contributed by atoms with Crippen molar-refractivity contribution >= 4 is 32.6 Å². The monoisotopic (exact) mass is 456 g/mol. The summed E-state index contributed by atoms with van der Waals surface area (Å²) in [6.07, 6.45) is 1.03. The zero-order chi connectivity index (χ0) is 23.0. The molecule has 170 valence electrons. The van der Waals surface area contributed by atoms with Crippen molar-refractivity contribution in [1.82, 2.24) is 4.31 Å². The molecule has 2 aromatic carbocycles. The number of carbonyl (C=O) groups is 1. The summed E-state index contributed by atoms with van der Waals surface area (Å²) in [7, 11) is -2.07. The van der Waals surface area contributed by atoms with Crippen LogP contribution in [-0.4, -0.2) is 38.8 Å².